The highest BCUT2D eigenvalue weighted by molar-refractivity contribution is 14.1. The number of alkyl halides is 1. The SMILES string of the molecule is CCC1CCCC(OC2CCCCCCC2I)C1. The number of hydrogen-bond donors (Lipinski definition) is 0. The van der Waals surface area contributed by atoms with Crippen LogP contribution in [0.25, 0.3) is 0 Å². The van der Waals surface area contributed by atoms with Crippen molar-refractivity contribution in [2.75, 3.05) is 0 Å². The lowest BCUT2D eigenvalue weighted by Gasteiger charge is -2.34. The first-order chi connectivity index (χ1) is 8.79. The van der Waals surface area contributed by atoms with Crippen molar-refractivity contribution in [3.05, 3.63) is 0 Å². The zero-order chi connectivity index (χ0) is 12.8. The highest BCUT2D eigenvalue weighted by atomic mass is 127. The highest BCUT2D eigenvalue weighted by Gasteiger charge is 2.27. The summed E-state index contributed by atoms with van der Waals surface area (Å²) in [6.07, 6.45) is 16.3. The molecule has 2 heteroatoms. The van der Waals surface area contributed by atoms with Gasteiger partial charge >= 0.3 is 0 Å². The number of hydrogen-bond acceptors (Lipinski definition) is 1. The highest BCUT2D eigenvalue weighted by Crippen LogP contribution is 2.32. The summed E-state index contributed by atoms with van der Waals surface area (Å²) < 4.78 is 7.26. The molecule has 4 atom stereocenters. The zero-order valence-corrected chi connectivity index (χ0v) is 14.0. The predicted molar refractivity (Wildman–Crippen MR) is 86.4 cm³/mol. The second-order valence-corrected chi connectivity index (χ2v) is 7.84. The first-order valence-corrected chi connectivity index (χ1v) is 9.33. The minimum atomic E-state index is 0.548. The van der Waals surface area contributed by atoms with Crippen molar-refractivity contribution in [3.8, 4) is 0 Å². The molecule has 18 heavy (non-hydrogen) atoms. The van der Waals surface area contributed by atoms with Crippen molar-refractivity contribution in [2.45, 2.75) is 93.7 Å². The van der Waals surface area contributed by atoms with Gasteiger partial charge in [-0.2, -0.15) is 0 Å². The van der Waals surface area contributed by atoms with Gasteiger partial charge in [0.25, 0.3) is 0 Å². The Hall–Kier alpha value is 0.690. The molecule has 106 valence electrons. The van der Waals surface area contributed by atoms with Crippen LogP contribution in [0.3, 0.4) is 0 Å². The van der Waals surface area contributed by atoms with Crippen molar-refractivity contribution < 1.29 is 4.74 Å². The van der Waals surface area contributed by atoms with Crippen LogP contribution in [0.5, 0.6) is 0 Å². The molecule has 2 fully saturated rings. The van der Waals surface area contributed by atoms with Crippen LogP contribution >= 0.6 is 22.6 Å². The van der Waals surface area contributed by atoms with E-state index in [-0.39, 0.29) is 0 Å². The maximum Gasteiger partial charge on any atom is 0.0696 e. The Morgan fingerprint density at radius 3 is 2.50 bits per heavy atom. The molecule has 2 aliphatic rings. The number of rotatable bonds is 3. The van der Waals surface area contributed by atoms with Crippen molar-refractivity contribution in [1.29, 1.82) is 0 Å². The fourth-order valence-corrected chi connectivity index (χ4v) is 4.51. The molecule has 0 saturated heterocycles. The van der Waals surface area contributed by atoms with E-state index in [1.54, 1.807) is 0 Å². The van der Waals surface area contributed by atoms with Crippen molar-refractivity contribution in [3.63, 3.8) is 0 Å². The van der Waals surface area contributed by atoms with Gasteiger partial charge in [0.1, 0.15) is 0 Å². The summed E-state index contributed by atoms with van der Waals surface area (Å²) in [5, 5.41) is 0. The summed E-state index contributed by atoms with van der Waals surface area (Å²) in [4.78, 5) is 0. The topological polar surface area (TPSA) is 9.23 Å². The predicted octanol–water partition coefficient (Wildman–Crippen LogP) is 5.50. The van der Waals surface area contributed by atoms with E-state index in [4.69, 9.17) is 4.74 Å². The quantitative estimate of drug-likeness (QED) is 0.475. The first-order valence-electron chi connectivity index (χ1n) is 8.09. The average Bonchev–Trinajstić information content (AvgIpc) is 2.39. The molecule has 0 bridgehead atoms. The van der Waals surface area contributed by atoms with Gasteiger partial charge in [-0.1, -0.05) is 74.5 Å². The van der Waals surface area contributed by atoms with Crippen LogP contribution in [0.2, 0.25) is 0 Å². The van der Waals surface area contributed by atoms with E-state index >= 15 is 0 Å². The molecule has 0 aromatic carbocycles. The van der Waals surface area contributed by atoms with E-state index in [1.807, 2.05) is 0 Å². The third-order valence-electron chi connectivity index (χ3n) is 4.80. The van der Waals surface area contributed by atoms with E-state index in [9.17, 15) is 0 Å². The zero-order valence-electron chi connectivity index (χ0n) is 11.9. The van der Waals surface area contributed by atoms with Crippen LogP contribution in [0, 0.1) is 5.92 Å². The van der Waals surface area contributed by atoms with Crippen LogP contribution in [-0.2, 0) is 4.74 Å². The smallest absolute Gasteiger partial charge is 0.0696 e. The van der Waals surface area contributed by atoms with Gasteiger partial charge in [-0.25, -0.2) is 0 Å². The largest absolute Gasteiger partial charge is 0.374 e. The molecule has 0 aromatic rings. The third kappa shape index (κ3) is 4.66. The fraction of sp³-hybridized carbons (Fsp3) is 1.00. The molecule has 2 rings (SSSR count). The van der Waals surface area contributed by atoms with E-state index < -0.39 is 0 Å². The Balaban J connectivity index is 1.81. The molecule has 2 saturated carbocycles. The number of ether oxygens (including phenoxy) is 1. The molecular formula is C16H29IO. The van der Waals surface area contributed by atoms with Gasteiger partial charge < -0.3 is 4.74 Å². The summed E-state index contributed by atoms with van der Waals surface area (Å²) >= 11 is 2.65. The van der Waals surface area contributed by atoms with Gasteiger partial charge in [0.15, 0.2) is 0 Å². The van der Waals surface area contributed by atoms with Crippen LogP contribution in [0.15, 0.2) is 0 Å². The van der Waals surface area contributed by atoms with Gasteiger partial charge in [0.05, 0.1) is 12.2 Å². The molecule has 2 aliphatic carbocycles. The molecule has 0 spiro atoms. The normalized spacial score (nSPS) is 39.0. The molecule has 0 N–H and O–H groups in total. The Morgan fingerprint density at radius 2 is 1.72 bits per heavy atom. The van der Waals surface area contributed by atoms with Gasteiger partial charge in [0, 0.05) is 3.92 Å². The van der Waals surface area contributed by atoms with Crippen LogP contribution < -0.4 is 0 Å². The van der Waals surface area contributed by atoms with E-state index in [1.165, 1.54) is 70.6 Å². The molecule has 0 heterocycles. The maximum atomic E-state index is 6.50. The lowest BCUT2D eigenvalue weighted by atomic mass is 9.85. The number of halogens is 1. The second-order valence-electron chi connectivity index (χ2n) is 6.24. The Morgan fingerprint density at radius 1 is 0.944 bits per heavy atom. The average molecular weight is 364 g/mol. The van der Waals surface area contributed by atoms with Crippen LogP contribution in [0.4, 0.5) is 0 Å². The summed E-state index contributed by atoms with van der Waals surface area (Å²) in [7, 11) is 0. The van der Waals surface area contributed by atoms with E-state index in [2.05, 4.69) is 29.5 Å². The van der Waals surface area contributed by atoms with Crippen LogP contribution in [0.1, 0.15) is 77.6 Å². The molecule has 1 nitrogen and oxygen atoms in total. The summed E-state index contributed by atoms with van der Waals surface area (Å²) in [5.74, 6) is 0.935. The summed E-state index contributed by atoms with van der Waals surface area (Å²) in [6.45, 7) is 2.34. The Kier molecular flexibility index (Phi) is 6.77. The van der Waals surface area contributed by atoms with Crippen molar-refractivity contribution in [2.24, 2.45) is 5.92 Å². The van der Waals surface area contributed by atoms with Gasteiger partial charge in [0.2, 0.25) is 0 Å². The molecular weight excluding hydrogens is 335 g/mol. The lowest BCUT2D eigenvalue weighted by molar-refractivity contribution is -0.0454. The standard InChI is InChI=1S/C16H29IO/c1-2-13-8-7-9-14(12-13)18-16-11-6-4-3-5-10-15(16)17/h13-16H,2-12H2,1H3. The minimum absolute atomic E-state index is 0.548. The second kappa shape index (κ2) is 8.08. The monoisotopic (exact) mass is 364 g/mol. The van der Waals surface area contributed by atoms with E-state index in [0.717, 1.165) is 9.84 Å². The third-order valence-corrected chi connectivity index (χ3v) is 6.23. The Bertz CT molecular complexity index is 231. The van der Waals surface area contributed by atoms with Gasteiger partial charge in [-0.3, -0.25) is 0 Å². The molecule has 4 unspecified atom stereocenters. The van der Waals surface area contributed by atoms with Gasteiger partial charge in [-0.15, -0.1) is 0 Å². The summed E-state index contributed by atoms with van der Waals surface area (Å²) in [5.41, 5.74) is 0. The first kappa shape index (κ1) is 15.1. The lowest BCUT2D eigenvalue weighted by Crippen LogP contribution is -2.33. The summed E-state index contributed by atoms with van der Waals surface area (Å²) in [6, 6.07) is 0. The van der Waals surface area contributed by atoms with Crippen molar-refractivity contribution in [1.82, 2.24) is 0 Å². The molecule has 0 amide bonds. The molecule has 0 aliphatic heterocycles. The minimum Gasteiger partial charge on any atom is -0.374 e. The van der Waals surface area contributed by atoms with Crippen molar-refractivity contribution >= 4 is 22.6 Å². The molecule has 0 radical (unpaired) electrons. The maximum absolute atomic E-state index is 6.50. The van der Waals surface area contributed by atoms with Crippen LogP contribution in [-0.4, -0.2) is 16.1 Å². The van der Waals surface area contributed by atoms with Gasteiger partial charge in [-0.05, 0) is 31.6 Å². The Labute approximate surface area is 127 Å². The van der Waals surface area contributed by atoms with E-state index in [0.29, 0.717) is 12.2 Å². The fourth-order valence-electron chi connectivity index (χ4n) is 3.54. The molecule has 0 aromatic heterocycles.